The second-order valence-electron chi connectivity index (χ2n) is 8.99. The number of hydrogen-bond acceptors (Lipinski definition) is 2. The van der Waals surface area contributed by atoms with E-state index in [1.807, 2.05) is 17.0 Å². The minimum absolute atomic E-state index is 0.164. The van der Waals surface area contributed by atoms with Crippen LogP contribution in [0.2, 0.25) is 5.02 Å². The molecular weight excluding hydrogens is 382 g/mol. The fourth-order valence-corrected chi connectivity index (χ4v) is 5.13. The molecule has 2 aliphatic rings. The summed E-state index contributed by atoms with van der Waals surface area (Å²) in [4.78, 5) is 17.2. The fraction of sp³-hybridized carbons (Fsp3) is 0.708. The van der Waals surface area contributed by atoms with Crippen LogP contribution in [0.1, 0.15) is 64.4 Å². The molecular formula is C24H38ClN3O. The Hall–Kier alpha value is -1.26. The fourth-order valence-electron chi connectivity index (χ4n) is 4.92. The molecule has 1 saturated carbocycles. The van der Waals surface area contributed by atoms with Gasteiger partial charge in [-0.2, -0.15) is 0 Å². The van der Waals surface area contributed by atoms with E-state index < -0.39 is 0 Å². The molecule has 1 aromatic carbocycles. The number of amides is 2. The van der Waals surface area contributed by atoms with E-state index in [-0.39, 0.29) is 6.03 Å². The van der Waals surface area contributed by atoms with Gasteiger partial charge in [0.2, 0.25) is 0 Å². The van der Waals surface area contributed by atoms with Gasteiger partial charge >= 0.3 is 6.03 Å². The summed E-state index contributed by atoms with van der Waals surface area (Å²) in [5, 5.41) is 4.09. The van der Waals surface area contributed by atoms with Crippen molar-refractivity contribution in [3.8, 4) is 0 Å². The summed E-state index contributed by atoms with van der Waals surface area (Å²) in [5.41, 5.74) is 1.30. The molecule has 1 aliphatic heterocycles. The summed E-state index contributed by atoms with van der Waals surface area (Å²) in [7, 11) is 0. The van der Waals surface area contributed by atoms with Gasteiger partial charge in [-0.1, -0.05) is 49.9 Å². The molecule has 1 saturated heterocycles. The molecule has 2 amide bonds. The van der Waals surface area contributed by atoms with Gasteiger partial charge in [0.05, 0.1) is 0 Å². The number of carbonyl (C=O) groups excluding carboxylic acids is 1. The zero-order valence-corrected chi connectivity index (χ0v) is 19.0. The van der Waals surface area contributed by atoms with E-state index in [4.69, 9.17) is 11.6 Å². The first kappa shape index (κ1) is 22.4. The van der Waals surface area contributed by atoms with Crippen LogP contribution >= 0.6 is 11.6 Å². The van der Waals surface area contributed by atoms with Crippen molar-refractivity contribution < 1.29 is 4.79 Å². The van der Waals surface area contributed by atoms with E-state index in [0.717, 1.165) is 63.3 Å². The Balaban J connectivity index is 1.42. The maximum absolute atomic E-state index is 12.6. The van der Waals surface area contributed by atoms with Gasteiger partial charge < -0.3 is 15.1 Å². The summed E-state index contributed by atoms with van der Waals surface area (Å²) in [6, 6.07) is 9.27. The predicted octanol–water partition coefficient (Wildman–Crippen LogP) is 5.35. The molecule has 1 heterocycles. The Morgan fingerprint density at radius 2 is 1.93 bits per heavy atom. The number of hydrogen-bond donors (Lipinski definition) is 1. The molecule has 0 spiro atoms. The number of rotatable bonds is 7. The summed E-state index contributed by atoms with van der Waals surface area (Å²) in [5.74, 6) is 0.676. The number of piperidine rings is 1. The Morgan fingerprint density at radius 1 is 1.21 bits per heavy atom. The first-order valence-corrected chi connectivity index (χ1v) is 12.0. The number of likely N-dealkylation sites (N-methyl/N-ethyl adjacent to an activating group) is 1. The second kappa shape index (κ2) is 11.2. The smallest absolute Gasteiger partial charge is 0.317 e. The van der Waals surface area contributed by atoms with Crippen molar-refractivity contribution in [2.75, 3.05) is 26.2 Å². The van der Waals surface area contributed by atoms with Crippen LogP contribution in [0.25, 0.3) is 0 Å². The lowest BCUT2D eigenvalue weighted by Gasteiger charge is -2.37. The zero-order chi connectivity index (χ0) is 20.6. The third-order valence-corrected chi connectivity index (χ3v) is 7.01. The van der Waals surface area contributed by atoms with Crippen LogP contribution < -0.4 is 5.32 Å². The summed E-state index contributed by atoms with van der Waals surface area (Å²) < 4.78 is 0. The lowest BCUT2D eigenvalue weighted by molar-refractivity contribution is 0.129. The van der Waals surface area contributed by atoms with Crippen molar-refractivity contribution in [2.45, 2.75) is 77.3 Å². The number of urea groups is 1. The van der Waals surface area contributed by atoms with Gasteiger partial charge in [-0.25, -0.2) is 4.79 Å². The Kier molecular flexibility index (Phi) is 8.68. The van der Waals surface area contributed by atoms with Gasteiger partial charge in [0.15, 0.2) is 0 Å². The van der Waals surface area contributed by atoms with Crippen LogP contribution in [0.4, 0.5) is 4.79 Å². The molecule has 1 atom stereocenters. The minimum atomic E-state index is 0.164. The van der Waals surface area contributed by atoms with E-state index in [1.54, 1.807) is 0 Å². The molecule has 1 aromatic rings. The van der Waals surface area contributed by atoms with Crippen LogP contribution in [-0.4, -0.2) is 54.1 Å². The SMILES string of the molecule is CCN(CC1CCN(C(=O)NC2CCCCC2)CC1)C(C)Cc1cccc(Cl)c1. The number of likely N-dealkylation sites (tertiary alicyclic amines) is 1. The molecule has 1 aliphatic carbocycles. The molecule has 0 bridgehead atoms. The van der Waals surface area contributed by atoms with Gasteiger partial charge in [0.25, 0.3) is 0 Å². The molecule has 162 valence electrons. The second-order valence-corrected chi connectivity index (χ2v) is 9.42. The van der Waals surface area contributed by atoms with E-state index >= 15 is 0 Å². The standard InChI is InChI=1S/C24H38ClN3O/c1-3-27(19(2)16-21-8-7-9-22(25)17-21)18-20-12-14-28(15-13-20)24(29)26-23-10-5-4-6-11-23/h7-9,17,19-20,23H,3-6,10-16,18H2,1-2H3,(H,26,29). The van der Waals surface area contributed by atoms with E-state index in [2.05, 4.69) is 36.2 Å². The monoisotopic (exact) mass is 419 g/mol. The molecule has 3 rings (SSSR count). The van der Waals surface area contributed by atoms with Gasteiger partial charge in [0.1, 0.15) is 0 Å². The summed E-state index contributed by atoms with van der Waals surface area (Å²) in [6.07, 6.45) is 9.38. The van der Waals surface area contributed by atoms with Gasteiger partial charge in [-0.05, 0) is 69.2 Å². The average molecular weight is 420 g/mol. The number of halogens is 1. The van der Waals surface area contributed by atoms with Crippen LogP contribution in [0.15, 0.2) is 24.3 Å². The van der Waals surface area contributed by atoms with Crippen LogP contribution in [-0.2, 0) is 6.42 Å². The maximum Gasteiger partial charge on any atom is 0.317 e. The topological polar surface area (TPSA) is 35.6 Å². The van der Waals surface area contributed by atoms with Crippen molar-refractivity contribution in [2.24, 2.45) is 5.92 Å². The summed E-state index contributed by atoms with van der Waals surface area (Å²) >= 11 is 6.15. The van der Waals surface area contributed by atoms with Crippen LogP contribution in [0.3, 0.4) is 0 Å². The normalized spacial score (nSPS) is 20.1. The first-order chi connectivity index (χ1) is 14.0. The minimum Gasteiger partial charge on any atom is -0.335 e. The van der Waals surface area contributed by atoms with E-state index in [0.29, 0.717) is 18.0 Å². The van der Waals surface area contributed by atoms with E-state index in [1.165, 1.54) is 24.8 Å². The van der Waals surface area contributed by atoms with Gasteiger partial charge in [-0.3, -0.25) is 0 Å². The molecule has 0 aromatic heterocycles. The number of benzene rings is 1. The van der Waals surface area contributed by atoms with Crippen molar-refractivity contribution in [3.63, 3.8) is 0 Å². The van der Waals surface area contributed by atoms with Gasteiger partial charge in [0, 0.05) is 36.7 Å². The lowest BCUT2D eigenvalue weighted by atomic mass is 9.94. The molecule has 1 N–H and O–H groups in total. The highest BCUT2D eigenvalue weighted by atomic mass is 35.5. The third kappa shape index (κ3) is 6.89. The highest BCUT2D eigenvalue weighted by Gasteiger charge is 2.26. The quantitative estimate of drug-likeness (QED) is 0.646. The van der Waals surface area contributed by atoms with Crippen LogP contribution in [0.5, 0.6) is 0 Å². The number of nitrogens with zero attached hydrogens (tertiary/aromatic N) is 2. The zero-order valence-electron chi connectivity index (χ0n) is 18.2. The number of nitrogens with one attached hydrogen (secondary N) is 1. The van der Waals surface area contributed by atoms with Crippen molar-refractivity contribution >= 4 is 17.6 Å². The Morgan fingerprint density at radius 3 is 2.59 bits per heavy atom. The van der Waals surface area contributed by atoms with Crippen molar-refractivity contribution in [3.05, 3.63) is 34.9 Å². The summed E-state index contributed by atoms with van der Waals surface area (Å²) in [6.45, 7) is 8.53. The molecule has 4 nitrogen and oxygen atoms in total. The van der Waals surface area contributed by atoms with Crippen molar-refractivity contribution in [1.82, 2.24) is 15.1 Å². The molecule has 1 unspecified atom stereocenters. The molecule has 5 heteroatoms. The van der Waals surface area contributed by atoms with Gasteiger partial charge in [-0.15, -0.1) is 0 Å². The van der Waals surface area contributed by atoms with E-state index in [9.17, 15) is 4.79 Å². The maximum atomic E-state index is 12.6. The third-order valence-electron chi connectivity index (χ3n) is 6.78. The Labute approximate surface area is 182 Å². The molecule has 2 fully saturated rings. The molecule has 0 radical (unpaired) electrons. The highest BCUT2D eigenvalue weighted by Crippen LogP contribution is 2.22. The molecule has 29 heavy (non-hydrogen) atoms. The highest BCUT2D eigenvalue weighted by molar-refractivity contribution is 6.30. The predicted molar refractivity (Wildman–Crippen MR) is 122 cm³/mol. The van der Waals surface area contributed by atoms with Crippen molar-refractivity contribution in [1.29, 1.82) is 0 Å². The Bertz CT molecular complexity index is 639. The first-order valence-electron chi connectivity index (χ1n) is 11.6. The van der Waals surface area contributed by atoms with Crippen LogP contribution in [0, 0.1) is 5.92 Å². The average Bonchev–Trinajstić information content (AvgIpc) is 2.73. The lowest BCUT2D eigenvalue weighted by Crippen LogP contribution is -2.49. The largest absolute Gasteiger partial charge is 0.335 e. The number of carbonyl (C=O) groups is 1.